The Bertz CT molecular complexity index is 1190. The monoisotopic (exact) mass is 527 g/mol. The Labute approximate surface area is 221 Å². The minimum atomic E-state index is -0.674. The number of rotatable bonds is 8. The Morgan fingerprint density at radius 2 is 2.14 bits per heavy atom. The Morgan fingerprint density at radius 3 is 2.84 bits per heavy atom. The Morgan fingerprint density at radius 1 is 1.35 bits per heavy atom. The van der Waals surface area contributed by atoms with Gasteiger partial charge in [0.05, 0.1) is 25.3 Å². The third kappa shape index (κ3) is 6.42. The van der Waals surface area contributed by atoms with Crippen LogP contribution in [0.25, 0.3) is 0 Å². The van der Waals surface area contributed by atoms with E-state index in [-0.39, 0.29) is 31.0 Å². The molecule has 0 spiro atoms. The number of nitriles is 1. The highest BCUT2D eigenvalue weighted by Crippen LogP contribution is 2.37. The number of hydrogen-bond acceptors (Lipinski definition) is 8. The van der Waals surface area contributed by atoms with E-state index in [2.05, 4.69) is 11.4 Å². The van der Waals surface area contributed by atoms with Gasteiger partial charge < -0.3 is 29.2 Å². The largest absolute Gasteiger partial charge is 0.494 e. The summed E-state index contributed by atoms with van der Waals surface area (Å²) in [6.45, 7) is 9.35. The number of nitrogens with zero attached hydrogens (tertiary/aromatic N) is 2. The molecule has 1 aromatic heterocycles. The summed E-state index contributed by atoms with van der Waals surface area (Å²) in [6.07, 6.45) is 0.0438. The number of para-hydroxylation sites is 1. The smallest absolute Gasteiger partial charge is 0.410 e. The highest BCUT2D eigenvalue weighted by molar-refractivity contribution is 7.16. The molecule has 1 N–H and O–H groups in total. The van der Waals surface area contributed by atoms with E-state index in [1.54, 1.807) is 4.90 Å². The predicted molar refractivity (Wildman–Crippen MR) is 139 cm³/mol. The number of nitrogens with one attached hydrogen (secondary N) is 1. The lowest BCUT2D eigenvalue weighted by Crippen LogP contribution is -2.37. The number of ether oxygens (including phenoxy) is 4. The van der Waals surface area contributed by atoms with E-state index < -0.39 is 11.9 Å². The van der Waals surface area contributed by atoms with Crippen LogP contribution < -0.4 is 10.1 Å². The molecule has 1 fully saturated rings. The summed E-state index contributed by atoms with van der Waals surface area (Å²) in [7, 11) is 0. The van der Waals surface area contributed by atoms with Crippen molar-refractivity contribution in [2.24, 2.45) is 0 Å². The van der Waals surface area contributed by atoms with Crippen LogP contribution >= 0.6 is 11.3 Å². The van der Waals surface area contributed by atoms with Crippen molar-refractivity contribution in [1.82, 2.24) is 4.90 Å². The molecule has 1 unspecified atom stereocenters. The number of benzene rings is 1. The van der Waals surface area contributed by atoms with Gasteiger partial charge in [-0.15, -0.1) is 11.3 Å². The van der Waals surface area contributed by atoms with Gasteiger partial charge in [-0.25, -0.2) is 4.79 Å². The van der Waals surface area contributed by atoms with Crippen molar-refractivity contribution < 1.29 is 28.5 Å². The molecule has 3 heterocycles. The van der Waals surface area contributed by atoms with Crippen LogP contribution in [0, 0.1) is 11.3 Å². The number of fused-ring (bicyclic) bond motifs is 1. The average molecular weight is 528 g/mol. The molecular weight excluding hydrogens is 494 g/mol. The maximum absolute atomic E-state index is 12.9. The summed E-state index contributed by atoms with van der Waals surface area (Å²) in [4.78, 5) is 28.1. The maximum atomic E-state index is 12.9. The van der Waals surface area contributed by atoms with Crippen molar-refractivity contribution in [2.75, 3.05) is 31.7 Å². The molecule has 1 aromatic carbocycles. The Balaban J connectivity index is 1.37. The molecule has 2 aliphatic rings. The van der Waals surface area contributed by atoms with Gasteiger partial charge in [0.1, 0.15) is 29.5 Å². The predicted octanol–water partition coefficient (Wildman–Crippen LogP) is 4.80. The SMILES string of the molecule is CCOc1ccccc1[C@@H](C)CC(=O)Nc1sc2c(c1C#N)CCN(C(=O)OCC1COC(C)(C)O1)C2. The fourth-order valence-corrected chi connectivity index (χ4v) is 5.84. The van der Waals surface area contributed by atoms with Crippen LogP contribution in [-0.2, 0) is 32.0 Å². The third-order valence-electron chi connectivity index (χ3n) is 6.38. The summed E-state index contributed by atoms with van der Waals surface area (Å²) < 4.78 is 22.4. The van der Waals surface area contributed by atoms with E-state index in [1.807, 2.05) is 52.0 Å². The standard InChI is InChI=1S/C27H33N3O6S/c1-5-33-22-9-7-6-8-19(22)17(2)12-24(31)29-25-21(13-28)20-10-11-30(14-23(20)37-25)26(32)34-15-18-16-35-27(3,4)36-18/h6-9,17-18H,5,10-12,14-16H2,1-4H3,(H,29,31)/t17-,18?/m0/s1. The quantitative estimate of drug-likeness (QED) is 0.525. The molecule has 2 aliphatic heterocycles. The van der Waals surface area contributed by atoms with Crippen LogP contribution in [0.3, 0.4) is 0 Å². The van der Waals surface area contributed by atoms with Crippen LogP contribution in [0.1, 0.15) is 61.6 Å². The fraction of sp³-hybridized carbons (Fsp3) is 0.519. The number of anilines is 1. The zero-order chi connectivity index (χ0) is 26.6. The van der Waals surface area contributed by atoms with Crippen molar-refractivity contribution in [3.05, 3.63) is 45.8 Å². The molecule has 10 heteroatoms. The fourth-order valence-electron chi connectivity index (χ4n) is 4.61. The summed E-state index contributed by atoms with van der Waals surface area (Å²) in [5.74, 6) is -0.135. The van der Waals surface area contributed by atoms with E-state index in [1.165, 1.54) is 11.3 Å². The molecule has 9 nitrogen and oxygen atoms in total. The number of thiophene rings is 1. The molecule has 0 saturated carbocycles. The number of hydrogen-bond donors (Lipinski definition) is 1. The highest BCUT2D eigenvalue weighted by Gasteiger charge is 2.34. The van der Waals surface area contributed by atoms with Gasteiger partial charge in [0.25, 0.3) is 0 Å². The highest BCUT2D eigenvalue weighted by atomic mass is 32.1. The van der Waals surface area contributed by atoms with Gasteiger partial charge in [0.15, 0.2) is 5.79 Å². The Hall–Kier alpha value is -3.13. The molecule has 198 valence electrons. The van der Waals surface area contributed by atoms with E-state index in [4.69, 9.17) is 18.9 Å². The minimum absolute atomic E-state index is 0.0621. The molecule has 2 aromatic rings. The first kappa shape index (κ1) is 26.9. The first-order chi connectivity index (χ1) is 17.7. The first-order valence-electron chi connectivity index (χ1n) is 12.5. The molecule has 0 aliphatic carbocycles. The third-order valence-corrected chi connectivity index (χ3v) is 7.51. The van der Waals surface area contributed by atoms with Gasteiger partial charge in [0.2, 0.25) is 5.91 Å². The molecule has 4 rings (SSSR count). The van der Waals surface area contributed by atoms with E-state index in [0.29, 0.717) is 43.3 Å². The zero-order valence-electron chi connectivity index (χ0n) is 21.7. The van der Waals surface area contributed by atoms with Gasteiger partial charge in [0, 0.05) is 17.8 Å². The second kappa shape index (κ2) is 11.5. The normalized spacial score (nSPS) is 19.0. The van der Waals surface area contributed by atoms with Crippen molar-refractivity contribution in [1.29, 1.82) is 5.26 Å². The van der Waals surface area contributed by atoms with Crippen LogP contribution in [-0.4, -0.2) is 55.2 Å². The van der Waals surface area contributed by atoms with Crippen LogP contribution in [0.4, 0.5) is 9.80 Å². The average Bonchev–Trinajstić information content (AvgIpc) is 3.40. The van der Waals surface area contributed by atoms with Crippen molar-refractivity contribution >= 4 is 28.3 Å². The van der Waals surface area contributed by atoms with E-state index >= 15 is 0 Å². The summed E-state index contributed by atoms with van der Waals surface area (Å²) in [5.41, 5.74) is 2.33. The summed E-state index contributed by atoms with van der Waals surface area (Å²) >= 11 is 1.34. The molecular formula is C27H33N3O6S. The summed E-state index contributed by atoms with van der Waals surface area (Å²) in [6, 6.07) is 9.95. The van der Waals surface area contributed by atoms with Gasteiger partial charge in [-0.2, -0.15) is 5.26 Å². The van der Waals surface area contributed by atoms with Gasteiger partial charge >= 0.3 is 6.09 Å². The van der Waals surface area contributed by atoms with Crippen LogP contribution in [0.15, 0.2) is 24.3 Å². The second-order valence-corrected chi connectivity index (χ2v) is 10.7. The number of amides is 2. The maximum Gasteiger partial charge on any atom is 0.410 e. The lowest BCUT2D eigenvalue weighted by atomic mass is 9.96. The van der Waals surface area contributed by atoms with Crippen molar-refractivity contribution in [3.8, 4) is 11.8 Å². The van der Waals surface area contributed by atoms with Gasteiger partial charge in [-0.05, 0) is 50.3 Å². The lowest BCUT2D eigenvalue weighted by molar-refractivity contribution is -0.143. The number of carbonyl (C=O) groups is 2. The summed E-state index contributed by atoms with van der Waals surface area (Å²) in [5, 5.41) is 13.3. The van der Waals surface area contributed by atoms with Gasteiger partial charge in [-0.1, -0.05) is 25.1 Å². The number of carbonyl (C=O) groups excluding carboxylic acids is 2. The molecule has 2 amide bonds. The topological polar surface area (TPSA) is 110 Å². The van der Waals surface area contributed by atoms with E-state index in [9.17, 15) is 14.9 Å². The minimum Gasteiger partial charge on any atom is -0.494 e. The first-order valence-corrected chi connectivity index (χ1v) is 13.3. The Kier molecular flexibility index (Phi) is 8.37. The van der Waals surface area contributed by atoms with Gasteiger partial charge in [-0.3, -0.25) is 4.79 Å². The van der Waals surface area contributed by atoms with Crippen LogP contribution in [0.5, 0.6) is 5.75 Å². The molecule has 0 radical (unpaired) electrons. The van der Waals surface area contributed by atoms with E-state index in [0.717, 1.165) is 21.8 Å². The van der Waals surface area contributed by atoms with Crippen LogP contribution in [0.2, 0.25) is 0 Å². The molecule has 0 bridgehead atoms. The zero-order valence-corrected chi connectivity index (χ0v) is 22.5. The second-order valence-electron chi connectivity index (χ2n) is 9.64. The lowest BCUT2D eigenvalue weighted by Gasteiger charge is -2.26. The molecule has 37 heavy (non-hydrogen) atoms. The van der Waals surface area contributed by atoms with Crippen molar-refractivity contribution in [2.45, 2.75) is 64.9 Å². The molecule has 2 atom stereocenters. The molecule has 1 saturated heterocycles. The van der Waals surface area contributed by atoms with Crippen molar-refractivity contribution in [3.63, 3.8) is 0 Å².